The van der Waals surface area contributed by atoms with Crippen molar-refractivity contribution in [3.63, 3.8) is 0 Å². The fourth-order valence-electron chi connectivity index (χ4n) is 4.29. The maximum absolute atomic E-state index is 4.48. The first-order valence-electron chi connectivity index (χ1n) is 10.9. The van der Waals surface area contributed by atoms with E-state index in [1.807, 2.05) is 7.05 Å². The summed E-state index contributed by atoms with van der Waals surface area (Å²) in [6.45, 7) is 1.85. The topological polar surface area (TPSA) is 67.1 Å². The second-order valence-electron chi connectivity index (χ2n) is 7.80. The van der Waals surface area contributed by atoms with Crippen molar-refractivity contribution in [1.82, 2.24) is 25.4 Å². The number of aromatic nitrogens is 3. The predicted octanol–water partition coefficient (Wildman–Crippen LogP) is 4.72. The fraction of sp³-hybridized carbons (Fsp3) is 0.762. The van der Waals surface area contributed by atoms with Crippen molar-refractivity contribution in [1.29, 1.82) is 0 Å². The number of guanidine groups is 1. The van der Waals surface area contributed by atoms with Gasteiger partial charge in [-0.05, 0) is 57.6 Å². The van der Waals surface area contributed by atoms with E-state index in [0.717, 1.165) is 49.3 Å². The van der Waals surface area contributed by atoms with Crippen molar-refractivity contribution in [3.8, 4) is 0 Å². The molecule has 0 bridgehead atoms. The van der Waals surface area contributed by atoms with Gasteiger partial charge < -0.3 is 15.2 Å². The molecule has 1 aromatic heterocycles. The van der Waals surface area contributed by atoms with E-state index in [9.17, 15) is 0 Å². The lowest BCUT2D eigenvalue weighted by Gasteiger charge is -2.17. The Morgan fingerprint density at radius 3 is 2.62 bits per heavy atom. The molecular formula is C21H37IN6S. The zero-order valence-corrected chi connectivity index (χ0v) is 21.1. The molecule has 1 fully saturated rings. The molecule has 0 aliphatic heterocycles. The summed E-state index contributed by atoms with van der Waals surface area (Å²) in [7, 11) is 1.84. The summed E-state index contributed by atoms with van der Waals surface area (Å²) in [6, 6.07) is 0.601. The van der Waals surface area contributed by atoms with E-state index in [1.54, 1.807) is 17.3 Å². The molecule has 0 radical (unpaired) electrons. The number of thioether (sulfide) groups is 1. The lowest BCUT2D eigenvalue weighted by molar-refractivity contribution is 0.460. The number of hydrogen-bond acceptors (Lipinski definition) is 4. The van der Waals surface area contributed by atoms with Crippen molar-refractivity contribution < 1.29 is 0 Å². The van der Waals surface area contributed by atoms with E-state index in [0.29, 0.717) is 6.04 Å². The summed E-state index contributed by atoms with van der Waals surface area (Å²) in [6.07, 6.45) is 18.1. The van der Waals surface area contributed by atoms with E-state index in [-0.39, 0.29) is 24.0 Å². The third-order valence-corrected chi connectivity index (χ3v) is 6.47. The van der Waals surface area contributed by atoms with E-state index in [4.69, 9.17) is 0 Å². The Labute approximate surface area is 197 Å². The molecule has 0 spiro atoms. The molecule has 29 heavy (non-hydrogen) atoms. The monoisotopic (exact) mass is 532 g/mol. The minimum atomic E-state index is 0. The summed E-state index contributed by atoms with van der Waals surface area (Å²) in [5, 5.41) is 16.9. The van der Waals surface area contributed by atoms with Gasteiger partial charge in [-0.25, -0.2) is 0 Å². The molecule has 8 heteroatoms. The maximum Gasteiger partial charge on any atom is 0.191 e. The number of halogens is 1. The largest absolute Gasteiger partial charge is 0.356 e. The number of aryl methyl sites for hydroxylation is 1. The van der Waals surface area contributed by atoms with Gasteiger partial charge >= 0.3 is 0 Å². The average molecular weight is 533 g/mol. The number of nitrogens with one attached hydrogen (secondary N) is 2. The molecule has 0 amide bonds. The van der Waals surface area contributed by atoms with Crippen LogP contribution in [0.2, 0.25) is 0 Å². The molecule has 2 N–H and O–H groups in total. The summed E-state index contributed by atoms with van der Waals surface area (Å²) in [4.78, 5) is 4.35. The molecule has 0 aromatic carbocycles. The van der Waals surface area contributed by atoms with E-state index < -0.39 is 0 Å². The third-order valence-electron chi connectivity index (χ3n) is 5.82. The van der Waals surface area contributed by atoms with Crippen LogP contribution in [0.25, 0.3) is 0 Å². The first-order chi connectivity index (χ1) is 13.8. The van der Waals surface area contributed by atoms with Crippen LogP contribution >= 0.6 is 35.7 Å². The van der Waals surface area contributed by atoms with Gasteiger partial charge in [-0.2, -0.15) is 0 Å². The minimum Gasteiger partial charge on any atom is -0.356 e. The fourth-order valence-corrected chi connectivity index (χ4v) is 4.87. The van der Waals surface area contributed by atoms with Crippen molar-refractivity contribution >= 4 is 41.7 Å². The highest BCUT2D eigenvalue weighted by atomic mass is 127. The molecule has 2 aliphatic carbocycles. The minimum absolute atomic E-state index is 0. The number of allylic oxidation sites excluding steroid dienone is 1. The Kier molecular flexibility index (Phi) is 11.4. The van der Waals surface area contributed by atoms with Gasteiger partial charge in [0.05, 0.1) is 0 Å². The maximum atomic E-state index is 4.48. The van der Waals surface area contributed by atoms with Crippen molar-refractivity contribution in [3.05, 3.63) is 17.5 Å². The number of hydrogen-bond donors (Lipinski definition) is 2. The molecule has 164 valence electrons. The molecule has 6 nitrogen and oxygen atoms in total. The Morgan fingerprint density at radius 1 is 1.14 bits per heavy atom. The first-order valence-corrected chi connectivity index (χ1v) is 12.1. The Balaban J connectivity index is 0.00000300. The zero-order valence-electron chi connectivity index (χ0n) is 18.0. The van der Waals surface area contributed by atoms with Crippen LogP contribution in [-0.4, -0.2) is 47.1 Å². The second kappa shape index (κ2) is 13.5. The quantitative estimate of drug-likeness (QED) is 0.120. The average Bonchev–Trinajstić information content (AvgIpc) is 3.39. The van der Waals surface area contributed by atoms with Crippen LogP contribution < -0.4 is 10.6 Å². The lowest BCUT2D eigenvalue weighted by Crippen LogP contribution is -2.38. The van der Waals surface area contributed by atoms with E-state index in [2.05, 4.69) is 42.7 Å². The molecule has 1 heterocycles. The predicted molar refractivity (Wildman–Crippen MR) is 134 cm³/mol. The van der Waals surface area contributed by atoms with Crippen LogP contribution in [0.1, 0.15) is 76.1 Å². The van der Waals surface area contributed by atoms with Gasteiger partial charge in [-0.3, -0.25) is 4.99 Å². The molecule has 0 unspecified atom stereocenters. The van der Waals surface area contributed by atoms with Crippen LogP contribution in [0.15, 0.2) is 21.8 Å². The molecule has 1 saturated carbocycles. The van der Waals surface area contributed by atoms with Crippen LogP contribution in [0.3, 0.4) is 0 Å². The van der Waals surface area contributed by atoms with Gasteiger partial charge in [-0.1, -0.05) is 36.3 Å². The molecular weight excluding hydrogens is 495 g/mol. The van der Waals surface area contributed by atoms with Gasteiger partial charge in [-0.15, -0.1) is 34.2 Å². The van der Waals surface area contributed by atoms with Gasteiger partial charge in [0.15, 0.2) is 11.1 Å². The second-order valence-corrected chi connectivity index (χ2v) is 8.57. The van der Waals surface area contributed by atoms with Crippen LogP contribution in [0, 0.1) is 0 Å². The number of rotatable bonds is 9. The Hall–Kier alpha value is -0.770. The zero-order chi connectivity index (χ0) is 19.6. The van der Waals surface area contributed by atoms with Crippen LogP contribution in [0.4, 0.5) is 0 Å². The first kappa shape index (κ1) is 24.5. The van der Waals surface area contributed by atoms with Crippen molar-refractivity contribution in [2.45, 2.75) is 81.8 Å². The van der Waals surface area contributed by atoms with Crippen molar-refractivity contribution in [2.75, 3.05) is 26.4 Å². The van der Waals surface area contributed by atoms with E-state index >= 15 is 0 Å². The molecule has 0 saturated heterocycles. The van der Waals surface area contributed by atoms with Gasteiger partial charge in [0.25, 0.3) is 0 Å². The summed E-state index contributed by atoms with van der Waals surface area (Å²) >= 11 is 1.71. The van der Waals surface area contributed by atoms with Gasteiger partial charge in [0, 0.05) is 32.6 Å². The lowest BCUT2D eigenvalue weighted by atomic mass is 9.97. The smallest absolute Gasteiger partial charge is 0.191 e. The Morgan fingerprint density at radius 2 is 1.93 bits per heavy atom. The van der Waals surface area contributed by atoms with Crippen molar-refractivity contribution in [2.24, 2.45) is 4.99 Å². The summed E-state index contributed by atoms with van der Waals surface area (Å²) in [5.41, 5.74) is 1.60. The Bertz CT molecular complexity index is 666. The van der Waals surface area contributed by atoms with Crippen LogP contribution in [-0.2, 0) is 6.42 Å². The molecule has 0 atom stereocenters. The number of aliphatic imine (C=N–C) groups is 1. The van der Waals surface area contributed by atoms with Gasteiger partial charge in [0.2, 0.25) is 0 Å². The molecule has 3 rings (SSSR count). The highest BCUT2D eigenvalue weighted by Crippen LogP contribution is 2.33. The number of nitrogens with zero attached hydrogens (tertiary/aromatic N) is 4. The highest BCUT2D eigenvalue weighted by molar-refractivity contribution is 14.0. The normalized spacial score (nSPS) is 17.7. The summed E-state index contributed by atoms with van der Waals surface area (Å²) in [5.74, 6) is 2.05. The third kappa shape index (κ3) is 7.45. The van der Waals surface area contributed by atoms with Crippen LogP contribution in [0.5, 0.6) is 0 Å². The molecule has 1 aromatic rings. The standard InChI is InChI=1S/C21H36N6S.HI/c1-22-20(24-16-14-17-9-4-3-5-10-17)23-15-8-13-19-25-26-21(28-2)27(19)18-11-6-7-12-18;/h9,18H,3-8,10-16H2,1-2H3,(H2,22,23,24);1H. The van der Waals surface area contributed by atoms with E-state index in [1.165, 1.54) is 51.4 Å². The highest BCUT2D eigenvalue weighted by Gasteiger charge is 2.23. The molecule has 2 aliphatic rings. The summed E-state index contributed by atoms with van der Waals surface area (Å²) < 4.78 is 2.41. The SMILES string of the molecule is CN=C(NCCCc1nnc(SC)n1C1CCCC1)NCCC1=CCCCC1.I. The van der Waals surface area contributed by atoms with Gasteiger partial charge in [0.1, 0.15) is 5.82 Å².